The van der Waals surface area contributed by atoms with E-state index in [4.69, 9.17) is 5.11 Å². The molecular weight excluding hydrogens is 196 g/mol. The fourth-order valence-electron chi connectivity index (χ4n) is 1.20. The van der Waals surface area contributed by atoms with Crippen LogP contribution in [0, 0.1) is 0 Å². The second-order valence-corrected chi connectivity index (χ2v) is 3.08. The van der Waals surface area contributed by atoms with Crippen molar-refractivity contribution in [3.63, 3.8) is 0 Å². The van der Waals surface area contributed by atoms with Gasteiger partial charge in [0.25, 0.3) is 0 Å². The van der Waals surface area contributed by atoms with Gasteiger partial charge in [-0.05, 0) is 18.6 Å². The van der Waals surface area contributed by atoms with Crippen molar-refractivity contribution in [1.29, 1.82) is 0 Å². The first-order valence-corrected chi connectivity index (χ1v) is 4.46. The standard InChI is InChI=1S/C11H12O4/c1-2-3-4-7(12)10-8(13)5-6-9(14)11(10)15/h2,5-6,13-15H,1,3-4H2. The summed E-state index contributed by atoms with van der Waals surface area (Å²) in [7, 11) is 0. The zero-order valence-corrected chi connectivity index (χ0v) is 8.10. The molecule has 0 spiro atoms. The molecule has 0 amide bonds. The maximum Gasteiger partial charge on any atom is 0.172 e. The van der Waals surface area contributed by atoms with Gasteiger partial charge in [0.1, 0.15) is 11.3 Å². The Hall–Kier alpha value is -1.97. The minimum absolute atomic E-state index is 0.133. The molecule has 0 fully saturated rings. The summed E-state index contributed by atoms with van der Waals surface area (Å²) in [6.07, 6.45) is 2.15. The van der Waals surface area contributed by atoms with Gasteiger partial charge in [0, 0.05) is 6.42 Å². The first kappa shape index (κ1) is 11.1. The molecule has 0 atom stereocenters. The van der Waals surface area contributed by atoms with E-state index in [1.807, 2.05) is 0 Å². The summed E-state index contributed by atoms with van der Waals surface area (Å²) in [6.45, 7) is 3.46. The summed E-state index contributed by atoms with van der Waals surface area (Å²) in [6, 6.07) is 2.28. The molecule has 0 aliphatic rings. The zero-order chi connectivity index (χ0) is 11.4. The molecule has 0 saturated carbocycles. The highest BCUT2D eigenvalue weighted by Gasteiger charge is 2.18. The second-order valence-electron chi connectivity index (χ2n) is 3.08. The Morgan fingerprint density at radius 1 is 1.27 bits per heavy atom. The summed E-state index contributed by atoms with van der Waals surface area (Å²) in [5, 5.41) is 27.9. The topological polar surface area (TPSA) is 77.8 Å². The van der Waals surface area contributed by atoms with Crippen LogP contribution in [0.15, 0.2) is 24.8 Å². The third-order valence-corrected chi connectivity index (χ3v) is 1.99. The lowest BCUT2D eigenvalue weighted by molar-refractivity contribution is 0.0977. The van der Waals surface area contributed by atoms with Crippen molar-refractivity contribution in [2.75, 3.05) is 0 Å². The van der Waals surface area contributed by atoms with Crippen molar-refractivity contribution in [2.45, 2.75) is 12.8 Å². The van der Waals surface area contributed by atoms with Crippen molar-refractivity contribution in [3.8, 4) is 17.2 Å². The maximum absolute atomic E-state index is 11.5. The minimum atomic E-state index is -0.580. The molecule has 80 valence electrons. The van der Waals surface area contributed by atoms with Crippen LogP contribution in [0.2, 0.25) is 0 Å². The highest BCUT2D eigenvalue weighted by molar-refractivity contribution is 6.01. The number of phenols is 3. The predicted octanol–water partition coefficient (Wildman–Crippen LogP) is 1.95. The second kappa shape index (κ2) is 4.50. The van der Waals surface area contributed by atoms with E-state index in [0.717, 1.165) is 12.1 Å². The highest BCUT2D eigenvalue weighted by Crippen LogP contribution is 2.35. The van der Waals surface area contributed by atoms with Crippen LogP contribution in [0.5, 0.6) is 17.2 Å². The van der Waals surface area contributed by atoms with Gasteiger partial charge in [-0.25, -0.2) is 0 Å². The van der Waals surface area contributed by atoms with Crippen molar-refractivity contribution in [3.05, 3.63) is 30.4 Å². The van der Waals surface area contributed by atoms with Crippen molar-refractivity contribution in [2.24, 2.45) is 0 Å². The van der Waals surface area contributed by atoms with Crippen LogP contribution in [0.3, 0.4) is 0 Å². The Labute approximate surface area is 87.1 Å². The van der Waals surface area contributed by atoms with E-state index in [1.165, 1.54) is 0 Å². The number of phenolic OH excluding ortho intramolecular Hbond substituents is 3. The molecule has 1 aromatic rings. The Morgan fingerprint density at radius 2 is 1.87 bits per heavy atom. The Morgan fingerprint density at radius 3 is 2.47 bits per heavy atom. The third kappa shape index (κ3) is 2.28. The molecule has 0 aromatic heterocycles. The minimum Gasteiger partial charge on any atom is -0.507 e. The molecule has 0 aliphatic carbocycles. The van der Waals surface area contributed by atoms with Crippen LogP contribution in [0.25, 0.3) is 0 Å². The molecule has 1 aromatic carbocycles. The maximum atomic E-state index is 11.5. The van der Waals surface area contributed by atoms with Gasteiger partial charge >= 0.3 is 0 Å². The highest BCUT2D eigenvalue weighted by atomic mass is 16.3. The number of aromatic hydroxyl groups is 3. The molecule has 4 nitrogen and oxygen atoms in total. The number of allylic oxidation sites excluding steroid dienone is 1. The number of carbonyl (C=O) groups excluding carboxylic acids is 1. The Kier molecular flexibility index (Phi) is 3.33. The van der Waals surface area contributed by atoms with Crippen molar-refractivity contribution < 1.29 is 20.1 Å². The van der Waals surface area contributed by atoms with Crippen molar-refractivity contribution >= 4 is 5.78 Å². The molecule has 4 heteroatoms. The number of carbonyl (C=O) groups is 1. The largest absolute Gasteiger partial charge is 0.507 e. The van der Waals surface area contributed by atoms with Crippen LogP contribution in [-0.2, 0) is 0 Å². The molecule has 0 heterocycles. The van der Waals surface area contributed by atoms with E-state index in [1.54, 1.807) is 6.08 Å². The molecule has 0 radical (unpaired) electrons. The van der Waals surface area contributed by atoms with E-state index >= 15 is 0 Å². The summed E-state index contributed by atoms with van der Waals surface area (Å²) in [5.41, 5.74) is -0.239. The van der Waals surface area contributed by atoms with Gasteiger partial charge in [-0.2, -0.15) is 0 Å². The third-order valence-electron chi connectivity index (χ3n) is 1.99. The van der Waals surface area contributed by atoms with Crippen molar-refractivity contribution in [1.82, 2.24) is 0 Å². The number of hydrogen-bond acceptors (Lipinski definition) is 4. The Bertz CT molecular complexity index is 396. The lowest BCUT2D eigenvalue weighted by Gasteiger charge is -2.06. The number of Topliss-reactive ketones (excluding diaryl/α,β-unsaturated/α-hetero) is 1. The SMILES string of the molecule is C=CCCC(=O)c1c(O)ccc(O)c1O. The summed E-state index contributed by atoms with van der Waals surface area (Å²) >= 11 is 0. The van der Waals surface area contributed by atoms with E-state index < -0.39 is 17.3 Å². The fourth-order valence-corrected chi connectivity index (χ4v) is 1.20. The van der Waals surface area contributed by atoms with Gasteiger partial charge < -0.3 is 15.3 Å². The first-order chi connectivity index (χ1) is 7.07. The van der Waals surface area contributed by atoms with Gasteiger partial charge in [0.15, 0.2) is 17.3 Å². The molecule has 3 N–H and O–H groups in total. The van der Waals surface area contributed by atoms with E-state index in [0.29, 0.717) is 6.42 Å². The summed E-state index contributed by atoms with van der Waals surface area (Å²) < 4.78 is 0. The number of hydrogen-bond donors (Lipinski definition) is 3. The molecule has 1 rings (SSSR count). The smallest absolute Gasteiger partial charge is 0.172 e. The van der Waals surface area contributed by atoms with E-state index in [9.17, 15) is 15.0 Å². The zero-order valence-electron chi connectivity index (χ0n) is 8.10. The average Bonchev–Trinajstić information content (AvgIpc) is 2.21. The average molecular weight is 208 g/mol. The van der Waals surface area contributed by atoms with Crippen LogP contribution in [-0.4, -0.2) is 21.1 Å². The fraction of sp³-hybridized carbons (Fsp3) is 0.182. The van der Waals surface area contributed by atoms with Crippen LogP contribution >= 0.6 is 0 Å². The summed E-state index contributed by atoms with van der Waals surface area (Å²) in [4.78, 5) is 11.5. The molecule has 0 unspecified atom stereocenters. The monoisotopic (exact) mass is 208 g/mol. The molecule has 0 aliphatic heterocycles. The number of ketones is 1. The van der Waals surface area contributed by atoms with E-state index in [-0.39, 0.29) is 17.7 Å². The van der Waals surface area contributed by atoms with Gasteiger partial charge in [-0.1, -0.05) is 6.08 Å². The lowest BCUT2D eigenvalue weighted by atomic mass is 10.0. The number of rotatable bonds is 4. The lowest BCUT2D eigenvalue weighted by Crippen LogP contribution is -1.99. The van der Waals surface area contributed by atoms with Gasteiger partial charge in [-0.3, -0.25) is 4.79 Å². The normalized spacial score (nSPS) is 9.87. The predicted molar refractivity (Wildman–Crippen MR) is 55.2 cm³/mol. The van der Waals surface area contributed by atoms with E-state index in [2.05, 4.69) is 6.58 Å². The Balaban J connectivity index is 3.07. The molecular formula is C11H12O4. The molecule has 15 heavy (non-hydrogen) atoms. The quantitative estimate of drug-likeness (QED) is 0.306. The summed E-state index contributed by atoms with van der Waals surface area (Å²) in [5.74, 6) is -1.76. The first-order valence-electron chi connectivity index (χ1n) is 4.46. The van der Waals surface area contributed by atoms with Gasteiger partial charge in [-0.15, -0.1) is 6.58 Å². The molecule has 0 saturated heterocycles. The van der Waals surface area contributed by atoms with Crippen LogP contribution in [0.4, 0.5) is 0 Å². The van der Waals surface area contributed by atoms with Gasteiger partial charge in [0.2, 0.25) is 0 Å². The molecule has 0 bridgehead atoms. The van der Waals surface area contributed by atoms with Crippen LogP contribution in [0.1, 0.15) is 23.2 Å². The number of benzene rings is 1. The van der Waals surface area contributed by atoms with Crippen LogP contribution < -0.4 is 0 Å². The van der Waals surface area contributed by atoms with Gasteiger partial charge in [0.05, 0.1) is 0 Å².